The third-order valence-corrected chi connectivity index (χ3v) is 3.57. The summed E-state index contributed by atoms with van der Waals surface area (Å²) < 4.78 is 0. The molecule has 0 bridgehead atoms. The van der Waals surface area contributed by atoms with Crippen LogP contribution in [-0.2, 0) is 11.2 Å². The summed E-state index contributed by atoms with van der Waals surface area (Å²) in [6, 6.07) is 17.1. The van der Waals surface area contributed by atoms with Gasteiger partial charge in [-0.3, -0.25) is 9.79 Å². The molecule has 0 radical (unpaired) electrons. The molecule has 2 aromatic carbocycles. The van der Waals surface area contributed by atoms with Crippen LogP contribution in [0, 0.1) is 0 Å². The Balaban J connectivity index is 1.70. The minimum atomic E-state index is -0.123. The fraction of sp³-hybridized carbons (Fsp3) is 0.222. The lowest BCUT2D eigenvalue weighted by molar-refractivity contribution is -0.115. The van der Waals surface area contributed by atoms with E-state index >= 15 is 0 Å². The molecule has 3 N–H and O–H groups in total. The highest BCUT2D eigenvalue weighted by atomic mass is 35.5. The van der Waals surface area contributed by atoms with Crippen molar-refractivity contribution in [1.82, 2.24) is 10.6 Å². The Morgan fingerprint density at radius 3 is 2.42 bits per heavy atom. The van der Waals surface area contributed by atoms with E-state index in [1.165, 1.54) is 5.56 Å². The molecule has 1 amide bonds. The van der Waals surface area contributed by atoms with Crippen LogP contribution in [0.25, 0.3) is 0 Å². The molecule has 0 saturated carbocycles. The third kappa shape index (κ3) is 6.30. The highest BCUT2D eigenvalue weighted by molar-refractivity contribution is 6.30. The van der Waals surface area contributed by atoms with Crippen LogP contribution >= 0.6 is 11.6 Å². The molecular formula is C18H21ClN4O. The molecule has 6 heteroatoms. The second-order valence-corrected chi connectivity index (χ2v) is 5.58. The van der Waals surface area contributed by atoms with Crippen molar-refractivity contribution in [1.29, 1.82) is 0 Å². The van der Waals surface area contributed by atoms with Crippen molar-refractivity contribution in [3.63, 3.8) is 0 Å². The highest BCUT2D eigenvalue weighted by Crippen LogP contribution is 2.09. The van der Waals surface area contributed by atoms with Crippen molar-refractivity contribution in [3.05, 3.63) is 65.2 Å². The lowest BCUT2D eigenvalue weighted by Crippen LogP contribution is -2.42. The number of nitrogens with zero attached hydrogens (tertiary/aromatic N) is 1. The lowest BCUT2D eigenvalue weighted by atomic mass is 10.1. The first-order valence-corrected chi connectivity index (χ1v) is 8.09. The van der Waals surface area contributed by atoms with Gasteiger partial charge < -0.3 is 16.0 Å². The number of hydrogen-bond acceptors (Lipinski definition) is 2. The fourth-order valence-electron chi connectivity index (χ4n) is 2.09. The highest BCUT2D eigenvalue weighted by Gasteiger charge is 2.04. The van der Waals surface area contributed by atoms with Gasteiger partial charge in [-0.15, -0.1) is 0 Å². The number of halogens is 1. The zero-order chi connectivity index (χ0) is 17.2. The molecule has 5 nitrogen and oxygen atoms in total. The summed E-state index contributed by atoms with van der Waals surface area (Å²) in [7, 11) is 1.67. The molecular weight excluding hydrogens is 324 g/mol. The van der Waals surface area contributed by atoms with Gasteiger partial charge in [-0.1, -0.05) is 41.9 Å². The predicted octanol–water partition coefficient (Wildman–Crippen LogP) is 2.69. The molecule has 2 rings (SSSR count). The Bertz CT molecular complexity index is 671. The SMILES string of the molecule is CN=C(NCCc1ccc(Cl)cc1)NCC(=O)Nc1ccccc1. The molecule has 0 aliphatic rings. The predicted molar refractivity (Wildman–Crippen MR) is 99.6 cm³/mol. The van der Waals surface area contributed by atoms with Crippen molar-refractivity contribution in [2.45, 2.75) is 6.42 Å². The third-order valence-electron chi connectivity index (χ3n) is 3.32. The van der Waals surface area contributed by atoms with Gasteiger partial charge in [0.1, 0.15) is 0 Å². The largest absolute Gasteiger partial charge is 0.356 e. The average Bonchev–Trinajstić information content (AvgIpc) is 2.60. The summed E-state index contributed by atoms with van der Waals surface area (Å²) >= 11 is 5.86. The average molecular weight is 345 g/mol. The van der Waals surface area contributed by atoms with Gasteiger partial charge >= 0.3 is 0 Å². The van der Waals surface area contributed by atoms with E-state index in [-0.39, 0.29) is 12.5 Å². The van der Waals surface area contributed by atoms with Gasteiger partial charge in [-0.2, -0.15) is 0 Å². The van der Waals surface area contributed by atoms with E-state index in [9.17, 15) is 4.79 Å². The lowest BCUT2D eigenvalue weighted by Gasteiger charge is -2.12. The van der Waals surface area contributed by atoms with Gasteiger partial charge in [-0.25, -0.2) is 0 Å². The number of carbonyl (C=O) groups is 1. The number of aliphatic imine (C=N–C) groups is 1. The first-order chi connectivity index (χ1) is 11.7. The molecule has 0 spiro atoms. The summed E-state index contributed by atoms with van der Waals surface area (Å²) in [6.45, 7) is 0.858. The molecule has 0 heterocycles. The summed E-state index contributed by atoms with van der Waals surface area (Å²) in [4.78, 5) is 16.0. The summed E-state index contributed by atoms with van der Waals surface area (Å²) in [5.41, 5.74) is 1.96. The van der Waals surface area contributed by atoms with Crippen molar-refractivity contribution < 1.29 is 4.79 Å². The number of nitrogens with one attached hydrogen (secondary N) is 3. The second kappa shape index (κ2) is 9.57. The number of amides is 1. The number of anilines is 1. The van der Waals surface area contributed by atoms with Crippen molar-refractivity contribution >= 4 is 29.2 Å². The summed E-state index contributed by atoms with van der Waals surface area (Å²) in [5.74, 6) is 0.467. The van der Waals surface area contributed by atoms with E-state index in [0.29, 0.717) is 12.5 Å². The molecule has 24 heavy (non-hydrogen) atoms. The molecule has 0 aromatic heterocycles. The van der Waals surface area contributed by atoms with Crippen LogP contribution in [-0.4, -0.2) is 32.0 Å². The Hall–Kier alpha value is -2.53. The quantitative estimate of drug-likeness (QED) is 0.557. The maximum absolute atomic E-state index is 11.9. The van der Waals surface area contributed by atoms with Gasteiger partial charge in [0.05, 0.1) is 6.54 Å². The smallest absolute Gasteiger partial charge is 0.243 e. The molecule has 126 valence electrons. The topological polar surface area (TPSA) is 65.5 Å². The van der Waals surface area contributed by atoms with E-state index in [0.717, 1.165) is 17.1 Å². The van der Waals surface area contributed by atoms with Crippen LogP contribution < -0.4 is 16.0 Å². The van der Waals surface area contributed by atoms with E-state index in [2.05, 4.69) is 20.9 Å². The maximum atomic E-state index is 11.9. The molecule has 0 aliphatic carbocycles. The fourth-order valence-corrected chi connectivity index (χ4v) is 2.21. The number of guanidine groups is 1. The molecule has 0 aliphatic heterocycles. The number of benzene rings is 2. The summed E-state index contributed by atoms with van der Waals surface area (Å²) in [5, 5.41) is 9.71. The Labute approximate surface area is 147 Å². The first kappa shape index (κ1) is 17.8. The number of carbonyl (C=O) groups excluding carboxylic acids is 1. The molecule has 2 aromatic rings. The van der Waals surface area contributed by atoms with Crippen LogP contribution in [0.3, 0.4) is 0 Å². The zero-order valence-corrected chi connectivity index (χ0v) is 14.3. The maximum Gasteiger partial charge on any atom is 0.243 e. The van der Waals surface area contributed by atoms with Gasteiger partial charge in [0, 0.05) is 24.3 Å². The molecule has 0 fully saturated rings. The zero-order valence-electron chi connectivity index (χ0n) is 13.6. The Kier molecular flexibility index (Phi) is 7.11. The van der Waals surface area contributed by atoms with E-state index in [1.54, 1.807) is 7.05 Å². The van der Waals surface area contributed by atoms with E-state index in [1.807, 2.05) is 54.6 Å². The normalized spacial score (nSPS) is 11.0. The van der Waals surface area contributed by atoms with Crippen LogP contribution in [0.15, 0.2) is 59.6 Å². The van der Waals surface area contributed by atoms with Crippen molar-refractivity contribution in [3.8, 4) is 0 Å². The van der Waals surface area contributed by atoms with Gasteiger partial charge in [0.2, 0.25) is 5.91 Å². The summed E-state index contributed by atoms with van der Waals surface area (Å²) in [6.07, 6.45) is 0.841. The van der Waals surface area contributed by atoms with Crippen LogP contribution in [0.1, 0.15) is 5.56 Å². The Morgan fingerprint density at radius 2 is 1.75 bits per heavy atom. The van der Waals surface area contributed by atoms with Gasteiger partial charge in [0.15, 0.2) is 5.96 Å². The van der Waals surface area contributed by atoms with Crippen molar-refractivity contribution in [2.75, 3.05) is 25.5 Å². The van der Waals surface area contributed by atoms with Crippen molar-refractivity contribution in [2.24, 2.45) is 4.99 Å². The van der Waals surface area contributed by atoms with Crippen LogP contribution in [0.4, 0.5) is 5.69 Å². The van der Waals surface area contributed by atoms with Gasteiger partial charge in [0.25, 0.3) is 0 Å². The minimum absolute atomic E-state index is 0.123. The number of para-hydroxylation sites is 1. The standard InChI is InChI=1S/C18H21ClN4O/c1-20-18(21-12-11-14-7-9-15(19)10-8-14)22-13-17(24)23-16-5-3-2-4-6-16/h2-10H,11-13H2,1H3,(H,23,24)(H2,20,21,22). The first-order valence-electron chi connectivity index (χ1n) is 7.71. The van der Waals surface area contributed by atoms with E-state index in [4.69, 9.17) is 11.6 Å². The number of rotatable bonds is 6. The molecule has 0 unspecified atom stereocenters. The van der Waals surface area contributed by atoms with Crippen LogP contribution in [0.2, 0.25) is 5.02 Å². The Morgan fingerprint density at radius 1 is 1.04 bits per heavy atom. The monoisotopic (exact) mass is 344 g/mol. The molecule has 0 atom stereocenters. The van der Waals surface area contributed by atoms with Gasteiger partial charge in [-0.05, 0) is 36.2 Å². The molecule has 0 saturated heterocycles. The second-order valence-electron chi connectivity index (χ2n) is 5.14. The van der Waals surface area contributed by atoms with Crippen LogP contribution in [0.5, 0.6) is 0 Å². The van der Waals surface area contributed by atoms with E-state index < -0.39 is 0 Å². The minimum Gasteiger partial charge on any atom is -0.356 e. The number of hydrogen-bond donors (Lipinski definition) is 3.